The van der Waals surface area contributed by atoms with E-state index >= 15 is 0 Å². The van der Waals surface area contributed by atoms with Crippen LogP contribution in [0.15, 0.2) is 0 Å². The molecule has 0 aromatic rings. The topological polar surface area (TPSA) is 21.3 Å². The number of ether oxygens (including phenoxy) is 1. The quantitative estimate of drug-likeness (QED) is 0.750. The number of hydrogen-bond donors (Lipinski definition) is 1. The summed E-state index contributed by atoms with van der Waals surface area (Å²) in [5.74, 6) is 0.987. The van der Waals surface area contributed by atoms with Gasteiger partial charge in [0, 0.05) is 18.8 Å². The van der Waals surface area contributed by atoms with E-state index in [9.17, 15) is 0 Å². The Morgan fingerprint density at radius 2 is 1.86 bits per heavy atom. The van der Waals surface area contributed by atoms with Crippen molar-refractivity contribution in [3.8, 4) is 0 Å². The Kier molecular flexibility index (Phi) is 3.45. The lowest BCUT2D eigenvalue weighted by atomic mass is 9.81. The molecular formula is C12H23NO. The smallest absolute Gasteiger partial charge is 0.0483 e. The first-order chi connectivity index (χ1) is 6.85. The van der Waals surface area contributed by atoms with Crippen molar-refractivity contribution in [2.24, 2.45) is 5.92 Å². The fourth-order valence-electron chi connectivity index (χ4n) is 3.09. The summed E-state index contributed by atoms with van der Waals surface area (Å²) in [5.41, 5.74) is 0.410. The van der Waals surface area contributed by atoms with Gasteiger partial charge >= 0.3 is 0 Å². The Morgan fingerprint density at radius 1 is 1.21 bits per heavy atom. The van der Waals surface area contributed by atoms with Crippen LogP contribution in [-0.4, -0.2) is 25.8 Å². The average molecular weight is 197 g/mol. The second-order valence-electron chi connectivity index (χ2n) is 5.00. The largest absolute Gasteiger partial charge is 0.381 e. The van der Waals surface area contributed by atoms with Crippen molar-refractivity contribution in [2.75, 3.05) is 20.3 Å². The van der Waals surface area contributed by atoms with E-state index < -0.39 is 0 Å². The maximum absolute atomic E-state index is 5.45. The van der Waals surface area contributed by atoms with Crippen LogP contribution in [0.5, 0.6) is 0 Å². The summed E-state index contributed by atoms with van der Waals surface area (Å²) in [6.45, 7) is 1.90. The van der Waals surface area contributed by atoms with Crippen LogP contribution in [0, 0.1) is 5.92 Å². The van der Waals surface area contributed by atoms with Crippen LogP contribution in [-0.2, 0) is 4.74 Å². The minimum Gasteiger partial charge on any atom is -0.381 e. The van der Waals surface area contributed by atoms with E-state index in [2.05, 4.69) is 12.4 Å². The summed E-state index contributed by atoms with van der Waals surface area (Å²) < 4.78 is 5.45. The Morgan fingerprint density at radius 3 is 2.43 bits per heavy atom. The molecule has 1 aliphatic carbocycles. The summed E-state index contributed by atoms with van der Waals surface area (Å²) >= 11 is 0. The summed E-state index contributed by atoms with van der Waals surface area (Å²) in [5, 5.41) is 3.56. The molecule has 0 aromatic carbocycles. The SMILES string of the molecule is CNC1(CC2CCCC2)CCOCC1. The number of nitrogens with one attached hydrogen (secondary N) is 1. The minimum absolute atomic E-state index is 0.410. The third kappa shape index (κ3) is 2.29. The van der Waals surface area contributed by atoms with Gasteiger partial charge in [-0.25, -0.2) is 0 Å². The highest BCUT2D eigenvalue weighted by atomic mass is 16.5. The van der Waals surface area contributed by atoms with E-state index in [0.717, 1.165) is 19.1 Å². The molecule has 0 spiro atoms. The highest BCUT2D eigenvalue weighted by Gasteiger charge is 2.34. The summed E-state index contributed by atoms with van der Waals surface area (Å²) in [6.07, 6.45) is 9.64. The summed E-state index contributed by atoms with van der Waals surface area (Å²) in [6, 6.07) is 0. The highest BCUT2D eigenvalue weighted by molar-refractivity contribution is 4.91. The molecule has 0 aromatic heterocycles. The number of rotatable bonds is 3. The summed E-state index contributed by atoms with van der Waals surface area (Å²) in [7, 11) is 2.13. The maximum atomic E-state index is 5.45. The van der Waals surface area contributed by atoms with Crippen LogP contribution in [0.1, 0.15) is 44.9 Å². The molecule has 0 radical (unpaired) electrons. The van der Waals surface area contributed by atoms with Gasteiger partial charge in [-0.1, -0.05) is 25.7 Å². The molecular weight excluding hydrogens is 174 g/mol. The van der Waals surface area contributed by atoms with Crippen molar-refractivity contribution >= 4 is 0 Å². The van der Waals surface area contributed by atoms with E-state index in [4.69, 9.17) is 4.74 Å². The molecule has 0 unspecified atom stereocenters. The van der Waals surface area contributed by atoms with Gasteiger partial charge in [0.15, 0.2) is 0 Å². The second-order valence-corrected chi connectivity index (χ2v) is 5.00. The standard InChI is InChI=1S/C12H23NO/c1-13-12(6-8-14-9-7-12)10-11-4-2-3-5-11/h11,13H,2-10H2,1H3. The highest BCUT2D eigenvalue weighted by Crippen LogP contribution is 2.35. The van der Waals surface area contributed by atoms with Crippen molar-refractivity contribution in [1.82, 2.24) is 5.32 Å². The van der Waals surface area contributed by atoms with Crippen molar-refractivity contribution in [2.45, 2.75) is 50.5 Å². The molecule has 82 valence electrons. The van der Waals surface area contributed by atoms with Crippen molar-refractivity contribution in [3.05, 3.63) is 0 Å². The van der Waals surface area contributed by atoms with Gasteiger partial charge in [-0.2, -0.15) is 0 Å². The van der Waals surface area contributed by atoms with Crippen molar-refractivity contribution < 1.29 is 4.74 Å². The third-order valence-electron chi connectivity index (χ3n) is 4.13. The van der Waals surface area contributed by atoms with Crippen LogP contribution in [0.3, 0.4) is 0 Å². The van der Waals surface area contributed by atoms with Crippen molar-refractivity contribution in [3.63, 3.8) is 0 Å². The van der Waals surface area contributed by atoms with E-state index in [1.165, 1.54) is 44.9 Å². The van der Waals surface area contributed by atoms with Crippen molar-refractivity contribution in [1.29, 1.82) is 0 Å². The molecule has 0 atom stereocenters. The second kappa shape index (κ2) is 4.63. The first-order valence-electron chi connectivity index (χ1n) is 6.11. The molecule has 0 bridgehead atoms. The fraction of sp³-hybridized carbons (Fsp3) is 1.00. The molecule has 1 aliphatic heterocycles. The first-order valence-corrected chi connectivity index (χ1v) is 6.11. The Labute approximate surface area is 87.4 Å². The zero-order valence-electron chi connectivity index (χ0n) is 9.35. The lowest BCUT2D eigenvalue weighted by molar-refractivity contribution is 0.0312. The molecule has 1 saturated heterocycles. The molecule has 1 saturated carbocycles. The lowest BCUT2D eigenvalue weighted by Gasteiger charge is -2.39. The third-order valence-corrected chi connectivity index (χ3v) is 4.13. The van der Waals surface area contributed by atoms with Gasteiger partial charge in [0.1, 0.15) is 0 Å². The monoisotopic (exact) mass is 197 g/mol. The van der Waals surface area contributed by atoms with Gasteiger partial charge in [-0.15, -0.1) is 0 Å². The molecule has 2 aliphatic rings. The molecule has 2 heteroatoms. The van der Waals surface area contributed by atoms with Crippen LogP contribution in [0.25, 0.3) is 0 Å². The van der Waals surface area contributed by atoms with E-state index in [1.54, 1.807) is 0 Å². The molecule has 0 amide bonds. The van der Waals surface area contributed by atoms with Crippen LogP contribution in [0.2, 0.25) is 0 Å². The Balaban J connectivity index is 1.89. The number of hydrogen-bond acceptors (Lipinski definition) is 2. The van der Waals surface area contributed by atoms with E-state index in [0.29, 0.717) is 5.54 Å². The first kappa shape index (κ1) is 10.4. The van der Waals surface area contributed by atoms with Gasteiger partial charge in [0.2, 0.25) is 0 Å². The predicted octanol–water partition coefficient (Wildman–Crippen LogP) is 2.34. The molecule has 2 rings (SSSR count). The van der Waals surface area contributed by atoms with Crippen LogP contribution >= 0.6 is 0 Å². The molecule has 1 heterocycles. The Hall–Kier alpha value is -0.0800. The molecule has 14 heavy (non-hydrogen) atoms. The zero-order chi connectivity index (χ0) is 9.86. The Bertz CT molecular complexity index is 169. The minimum atomic E-state index is 0.410. The molecule has 1 N–H and O–H groups in total. The van der Waals surface area contributed by atoms with E-state index in [-0.39, 0.29) is 0 Å². The van der Waals surface area contributed by atoms with Gasteiger partial charge in [0.05, 0.1) is 0 Å². The average Bonchev–Trinajstić information content (AvgIpc) is 2.72. The van der Waals surface area contributed by atoms with E-state index in [1.807, 2.05) is 0 Å². The lowest BCUT2D eigenvalue weighted by Crippen LogP contribution is -2.48. The van der Waals surface area contributed by atoms with Gasteiger partial charge in [-0.05, 0) is 32.2 Å². The predicted molar refractivity (Wildman–Crippen MR) is 58.4 cm³/mol. The fourth-order valence-corrected chi connectivity index (χ4v) is 3.09. The zero-order valence-corrected chi connectivity index (χ0v) is 9.35. The van der Waals surface area contributed by atoms with Gasteiger partial charge in [-0.3, -0.25) is 0 Å². The molecule has 2 nitrogen and oxygen atoms in total. The van der Waals surface area contributed by atoms with Crippen LogP contribution in [0.4, 0.5) is 0 Å². The normalized spacial score (nSPS) is 28.1. The summed E-state index contributed by atoms with van der Waals surface area (Å²) in [4.78, 5) is 0. The molecule has 2 fully saturated rings. The van der Waals surface area contributed by atoms with Gasteiger partial charge in [0.25, 0.3) is 0 Å². The maximum Gasteiger partial charge on any atom is 0.0483 e. The van der Waals surface area contributed by atoms with Crippen LogP contribution < -0.4 is 5.32 Å². The van der Waals surface area contributed by atoms with Gasteiger partial charge < -0.3 is 10.1 Å².